The first-order valence-corrected chi connectivity index (χ1v) is 6.52. The number of alkyl halides is 3. The van der Waals surface area contributed by atoms with E-state index in [1.807, 2.05) is 10.2 Å². The third-order valence-electron chi connectivity index (χ3n) is 3.77. The van der Waals surface area contributed by atoms with Crippen LogP contribution in [0.3, 0.4) is 0 Å². The van der Waals surface area contributed by atoms with Crippen LogP contribution >= 0.6 is 0 Å². The summed E-state index contributed by atoms with van der Waals surface area (Å²) >= 11 is 0. The van der Waals surface area contributed by atoms with Gasteiger partial charge >= 0.3 is 6.18 Å². The molecular formula is C12H22F3N3O. The van der Waals surface area contributed by atoms with Crippen molar-refractivity contribution in [2.45, 2.75) is 56.9 Å². The van der Waals surface area contributed by atoms with E-state index in [9.17, 15) is 18.0 Å². The van der Waals surface area contributed by atoms with Crippen molar-refractivity contribution < 1.29 is 18.0 Å². The van der Waals surface area contributed by atoms with Gasteiger partial charge < -0.3 is 11.1 Å². The highest BCUT2D eigenvalue weighted by atomic mass is 19.4. The Hall–Kier alpha value is -0.820. The van der Waals surface area contributed by atoms with Crippen LogP contribution in [0.1, 0.15) is 32.6 Å². The molecule has 1 saturated carbocycles. The van der Waals surface area contributed by atoms with E-state index >= 15 is 0 Å². The van der Waals surface area contributed by atoms with Crippen molar-refractivity contribution in [2.75, 3.05) is 13.6 Å². The Bertz CT molecular complexity index is 301. The lowest BCUT2D eigenvalue weighted by Gasteiger charge is -2.36. The normalized spacial score (nSPS) is 26.3. The van der Waals surface area contributed by atoms with Crippen LogP contribution in [-0.4, -0.2) is 48.7 Å². The smallest absolute Gasteiger partial charge is 0.346 e. The van der Waals surface area contributed by atoms with Crippen LogP contribution in [0.4, 0.5) is 13.2 Å². The first-order valence-electron chi connectivity index (χ1n) is 6.52. The summed E-state index contributed by atoms with van der Waals surface area (Å²) in [6.07, 6.45) is -0.813. The van der Waals surface area contributed by atoms with Crippen LogP contribution in [0.2, 0.25) is 0 Å². The molecule has 0 aromatic rings. The van der Waals surface area contributed by atoms with E-state index in [2.05, 4.69) is 0 Å². The van der Waals surface area contributed by atoms with E-state index < -0.39 is 24.7 Å². The maximum atomic E-state index is 12.0. The van der Waals surface area contributed by atoms with Crippen molar-refractivity contribution in [3.05, 3.63) is 0 Å². The second kappa shape index (κ2) is 6.56. The molecule has 0 aliphatic heterocycles. The molecule has 1 fully saturated rings. The summed E-state index contributed by atoms with van der Waals surface area (Å²) in [5.74, 6) is -0.588. The standard InChI is InChI=1S/C12H22F3N3O/c1-8(11(19)17-7-12(13,14)15)18(2)10-5-3-9(16)4-6-10/h8-10H,3-7,16H2,1-2H3,(H,17,19). The van der Waals surface area contributed by atoms with Crippen LogP contribution in [0.15, 0.2) is 0 Å². The molecule has 4 nitrogen and oxygen atoms in total. The minimum absolute atomic E-state index is 0.207. The third kappa shape index (κ3) is 5.36. The molecule has 3 N–H and O–H groups in total. The summed E-state index contributed by atoms with van der Waals surface area (Å²) in [7, 11) is 1.78. The van der Waals surface area contributed by atoms with Crippen molar-refractivity contribution in [3.8, 4) is 0 Å². The molecule has 1 atom stereocenters. The van der Waals surface area contributed by atoms with Gasteiger partial charge in [0.25, 0.3) is 0 Å². The number of rotatable bonds is 4. The lowest BCUT2D eigenvalue weighted by molar-refractivity contribution is -0.141. The molecule has 112 valence electrons. The highest BCUT2D eigenvalue weighted by Gasteiger charge is 2.31. The van der Waals surface area contributed by atoms with E-state index in [0.29, 0.717) is 0 Å². The molecule has 1 aliphatic carbocycles. The third-order valence-corrected chi connectivity index (χ3v) is 3.77. The molecule has 7 heteroatoms. The van der Waals surface area contributed by atoms with Gasteiger partial charge in [-0.25, -0.2) is 0 Å². The lowest BCUT2D eigenvalue weighted by Crippen LogP contribution is -2.50. The van der Waals surface area contributed by atoms with Gasteiger partial charge in [0.2, 0.25) is 5.91 Å². The van der Waals surface area contributed by atoms with Crippen LogP contribution in [0, 0.1) is 0 Å². The Morgan fingerprint density at radius 2 is 1.89 bits per heavy atom. The molecule has 0 saturated heterocycles. The second-order valence-electron chi connectivity index (χ2n) is 5.24. The van der Waals surface area contributed by atoms with E-state index in [0.717, 1.165) is 25.7 Å². The number of hydrogen-bond acceptors (Lipinski definition) is 3. The quantitative estimate of drug-likeness (QED) is 0.815. The van der Waals surface area contributed by atoms with Gasteiger partial charge in [-0.2, -0.15) is 13.2 Å². The number of nitrogens with one attached hydrogen (secondary N) is 1. The zero-order valence-corrected chi connectivity index (χ0v) is 11.3. The largest absolute Gasteiger partial charge is 0.405 e. The molecule has 1 amide bonds. The highest BCUT2D eigenvalue weighted by Crippen LogP contribution is 2.22. The fraction of sp³-hybridized carbons (Fsp3) is 0.917. The summed E-state index contributed by atoms with van der Waals surface area (Å²) in [6, 6.07) is -0.146. The molecular weight excluding hydrogens is 259 g/mol. The van der Waals surface area contributed by atoms with Gasteiger partial charge in [0.1, 0.15) is 6.54 Å². The molecule has 1 rings (SSSR count). The van der Waals surface area contributed by atoms with Crippen LogP contribution in [0.25, 0.3) is 0 Å². The predicted molar refractivity (Wildman–Crippen MR) is 66.5 cm³/mol. The number of halogens is 3. The van der Waals surface area contributed by atoms with Crippen molar-refractivity contribution in [3.63, 3.8) is 0 Å². The van der Waals surface area contributed by atoms with E-state index in [1.54, 1.807) is 14.0 Å². The Balaban J connectivity index is 2.43. The summed E-state index contributed by atoms with van der Waals surface area (Å²) in [4.78, 5) is 13.5. The van der Waals surface area contributed by atoms with E-state index in [1.165, 1.54) is 0 Å². The molecule has 0 aromatic heterocycles. The average molecular weight is 281 g/mol. The van der Waals surface area contributed by atoms with Crippen molar-refractivity contribution in [1.82, 2.24) is 10.2 Å². The predicted octanol–water partition coefficient (Wildman–Crippen LogP) is 1.26. The first-order chi connectivity index (χ1) is 8.70. The van der Waals surface area contributed by atoms with Crippen LogP contribution in [-0.2, 0) is 4.79 Å². The maximum absolute atomic E-state index is 12.0. The highest BCUT2D eigenvalue weighted by molar-refractivity contribution is 5.81. The number of hydrogen-bond donors (Lipinski definition) is 2. The molecule has 0 radical (unpaired) electrons. The molecule has 19 heavy (non-hydrogen) atoms. The molecule has 0 spiro atoms. The number of nitrogens with zero attached hydrogens (tertiary/aromatic N) is 1. The molecule has 0 aromatic carbocycles. The molecule has 0 heterocycles. The number of amides is 1. The van der Waals surface area contributed by atoms with Gasteiger partial charge in [0.15, 0.2) is 0 Å². The van der Waals surface area contributed by atoms with Gasteiger partial charge in [0, 0.05) is 12.1 Å². The second-order valence-corrected chi connectivity index (χ2v) is 5.24. The Morgan fingerprint density at radius 1 is 1.37 bits per heavy atom. The van der Waals surface area contributed by atoms with Crippen molar-refractivity contribution >= 4 is 5.91 Å². The van der Waals surface area contributed by atoms with Gasteiger partial charge in [-0.05, 0) is 39.7 Å². The molecule has 1 unspecified atom stereocenters. The van der Waals surface area contributed by atoms with E-state index in [4.69, 9.17) is 5.73 Å². The Labute approximate surface area is 111 Å². The monoisotopic (exact) mass is 281 g/mol. The topological polar surface area (TPSA) is 58.4 Å². The zero-order chi connectivity index (χ0) is 14.6. The van der Waals surface area contributed by atoms with Gasteiger partial charge in [-0.15, -0.1) is 0 Å². The number of nitrogens with two attached hydrogens (primary N) is 1. The average Bonchev–Trinajstić information content (AvgIpc) is 2.34. The minimum atomic E-state index is -4.37. The fourth-order valence-electron chi connectivity index (χ4n) is 2.35. The maximum Gasteiger partial charge on any atom is 0.405 e. The van der Waals surface area contributed by atoms with Gasteiger partial charge in [-0.3, -0.25) is 9.69 Å². The van der Waals surface area contributed by atoms with E-state index in [-0.39, 0.29) is 12.1 Å². The van der Waals surface area contributed by atoms with Crippen molar-refractivity contribution in [2.24, 2.45) is 5.73 Å². The Morgan fingerprint density at radius 3 is 2.37 bits per heavy atom. The lowest BCUT2D eigenvalue weighted by atomic mass is 9.90. The van der Waals surface area contributed by atoms with Crippen LogP contribution < -0.4 is 11.1 Å². The van der Waals surface area contributed by atoms with Gasteiger partial charge in [0.05, 0.1) is 6.04 Å². The zero-order valence-electron chi connectivity index (χ0n) is 11.3. The number of carbonyl (C=O) groups excluding carboxylic acids is 1. The molecule has 0 bridgehead atoms. The Kier molecular flexibility index (Phi) is 5.61. The van der Waals surface area contributed by atoms with Gasteiger partial charge in [-0.1, -0.05) is 0 Å². The SMILES string of the molecule is CC(C(=O)NCC(F)(F)F)N(C)C1CCC(N)CC1. The summed E-state index contributed by atoms with van der Waals surface area (Å²) in [5.41, 5.74) is 5.81. The summed E-state index contributed by atoms with van der Waals surface area (Å²) in [5, 5.41) is 1.92. The van der Waals surface area contributed by atoms with Crippen molar-refractivity contribution in [1.29, 1.82) is 0 Å². The summed E-state index contributed by atoms with van der Waals surface area (Å²) < 4.78 is 36.1. The van der Waals surface area contributed by atoms with Crippen LogP contribution in [0.5, 0.6) is 0 Å². The number of carbonyl (C=O) groups is 1. The molecule has 1 aliphatic rings. The first kappa shape index (κ1) is 16.2. The fourth-order valence-corrected chi connectivity index (χ4v) is 2.35. The number of likely N-dealkylation sites (N-methyl/N-ethyl adjacent to an activating group) is 1. The minimum Gasteiger partial charge on any atom is -0.346 e. The summed E-state index contributed by atoms with van der Waals surface area (Å²) in [6.45, 7) is 0.347.